The third kappa shape index (κ3) is 10.1. The van der Waals surface area contributed by atoms with Gasteiger partial charge in [-0.25, -0.2) is 4.79 Å². The van der Waals surface area contributed by atoms with Gasteiger partial charge in [0, 0.05) is 58.9 Å². The van der Waals surface area contributed by atoms with Gasteiger partial charge in [-0.1, -0.05) is 0 Å². The zero-order valence-electron chi connectivity index (χ0n) is 19.3. The first kappa shape index (κ1) is 25.0. The van der Waals surface area contributed by atoms with Gasteiger partial charge in [-0.2, -0.15) is 0 Å². The summed E-state index contributed by atoms with van der Waals surface area (Å²) in [6, 6.07) is 4.16. The Morgan fingerprint density at radius 3 is 2.84 bits per heavy atom. The molecule has 1 aliphatic heterocycles. The van der Waals surface area contributed by atoms with E-state index in [2.05, 4.69) is 22.6 Å². The number of carbonyl (C=O) groups excluding carboxylic acids is 1. The van der Waals surface area contributed by atoms with Gasteiger partial charge in [-0.15, -0.1) is 0 Å². The number of aliphatic imine (C=N–C) groups is 1. The van der Waals surface area contributed by atoms with E-state index in [0.29, 0.717) is 26.2 Å². The maximum atomic E-state index is 11.9. The van der Waals surface area contributed by atoms with E-state index in [-0.39, 0.29) is 12.1 Å². The van der Waals surface area contributed by atoms with Crippen LogP contribution in [0.2, 0.25) is 0 Å². The Hall–Kier alpha value is -2.26. The fourth-order valence-corrected chi connectivity index (χ4v) is 3.45. The SMILES string of the molecule is CCOC(=O)N1CCC(NC(=NCCN(C)CCCOC)NCCc2ccco2)CC1. The summed E-state index contributed by atoms with van der Waals surface area (Å²) in [5, 5.41) is 6.97. The highest BCUT2D eigenvalue weighted by atomic mass is 16.6. The molecule has 176 valence electrons. The molecule has 0 saturated carbocycles. The molecule has 0 spiro atoms. The van der Waals surface area contributed by atoms with Gasteiger partial charge in [0.05, 0.1) is 19.4 Å². The molecule has 1 fully saturated rings. The first-order chi connectivity index (χ1) is 15.1. The van der Waals surface area contributed by atoms with Crippen molar-refractivity contribution in [3.63, 3.8) is 0 Å². The van der Waals surface area contributed by atoms with E-state index in [0.717, 1.165) is 63.6 Å². The van der Waals surface area contributed by atoms with E-state index < -0.39 is 0 Å². The van der Waals surface area contributed by atoms with E-state index in [1.54, 1.807) is 18.3 Å². The highest BCUT2D eigenvalue weighted by molar-refractivity contribution is 5.80. The van der Waals surface area contributed by atoms with Crippen LogP contribution < -0.4 is 10.6 Å². The van der Waals surface area contributed by atoms with Crippen LogP contribution in [0.15, 0.2) is 27.8 Å². The van der Waals surface area contributed by atoms with Crippen LogP contribution in [0.5, 0.6) is 0 Å². The fourth-order valence-electron chi connectivity index (χ4n) is 3.45. The average Bonchev–Trinajstić information content (AvgIpc) is 3.28. The third-order valence-corrected chi connectivity index (χ3v) is 5.25. The number of likely N-dealkylation sites (N-methyl/N-ethyl adjacent to an activating group) is 1. The van der Waals surface area contributed by atoms with Gasteiger partial charge in [-0.05, 0) is 45.4 Å². The van der Waals surface area contributed by atoms with E-state index in [9.17, 15) is 4.79 Å². The summed E-state index contributed by atoms with van der Waals surface area (Å²) < 4.78 is 15.6. The molecule has 1 aliphatic rings. The minimum Gasteiger partial charge on any atom is -0.469 e. The van der Waals surface area contributed by atoms with Gasteiger partial charge in [0.1, 0.15) is 5.76 Å². The predicted molar refractivity (Wildman–Crippen MR) is 121 cm³/mol. The van der Waals surface area contributed by atoms with Crippen molar-refractivity contribution < 1.29 is 18.7 Å². The van der Waals surface area contributed by atoms with Crippen LogP contribution >= 0.6 is 0 Å². The summed E-state index contributed by atoms with van der Waals surface area (Å²) in [6.45, 7) is 7.73. The number of methoxy groups -OCH3 is 1. The number of nitrogens with one attached hydrogen (secondary N) is 2. The number of furan rings is 1. The molecule has 0 aromatic carbocycles. The Labute approximate surface area is 186 Å². The van der Waals surface area contributed by atoms with E-state index in [1.807, 2.05) is 19.1 Å². The number of carbonyl (C=O) groups is 1. The quantitative estimate of drug-likeness (QED) is 0.293. The van der Waals surface area contributed by atoms with Crippen LogP contribution in [0.3, 0.4) is 0 Å². The first-order valence-electron chi connectivity index (χ1n) is 11.3. The highest BCUT2D eigenvalue weighted by Crippen LogP contribution is 2.11. The van der Waals surface area contributed by atoms with E-state index in [4.69, 9.17) is 18.9 Å². The lowest BCUT2D eigenvalue weighted by molar-refractivity contribution is 0.0963. The predicted octanol–water partition coefficient (Wildman–Crippen LogP) is 1.95. The van der Waals surface area contributed by atoms with Crippen LogP contribution in [-0.4, -0.2) is 94.5 Å². The van der Waals surface area contributed by atoms with Crippen LogP contribution in [0.25, 0.3) is 0 Å². The number of hydrogen-bond acceptors (Lipinski definition) is 6. The van der Waals surface area contributed by atoms with Crippen molar-refractivity contribution in [3.05, 3.63) is 24.2 Å². The molecule has 0 atom stereocenters. The molecule has 9 nitrogen and oxygen atoms in total. The Morgan fingerprint density at radius 2 is 2.16 bits per heavy atom. The Kier molecular flexibility index (Phi) is 11.9. The third-order valence-electron chi connectivity index (χ3n) is 5.25. The van der Waals surface area contributed by atoms with E-state index in [1.165, 1.54) is 0 Å². The Morgan fingerprint density at radius 1 is 1.35 bits per heavy atom. The molecule has 0 aliphatic carbocycles. The van der Waals surface area contributed by atoms with Crippen molar-refractivity contribution in [2.24, 2.45) is 4.99 Å². The molecule has 1 aromatic heterocycles. The minimum absolute atomic E-state index is 0.220. The number of ether oxygens (including phenoxy) is 2. The number of likely N-dealkylation sites (tertiary alicyclic amines) is 1. The van der Waals surface area contributed by atoms with Gasteiger partial charge in [0.25, 0.3) is 0 Å². The van der Waals surface area contributed by atoms with Gasteiger partial charge >= 0.3 is 6.09 Å². The van der Waals surface area contributed by atoms with Crippen molar-refractivity contribution >= 4 is 12.1 Å². The number of rotatable bonds is 12. The zero-order valence-corrected chi connectivity index (χ0v) is 19.3. The molecular weight excluding hydrogens is 398 g/mol. The topological polar surface area (TPSA) is 91.6 Å². The number of amides is 1. The maximum Gasteiger partial charge on any atom is 0.409 e. The molecule has 31 heavy (non-hydrogen) atoms. The Balaban J connectivity index is 1.81. The molecular formula is C22H39N5O4. The van der Waals surface area contributed by atoms with Crippen molar-refractivity contribution in [2.75, 3.05) is 66.6 Å². The molecule has 1 amide bonds. The number of piperidine rings is 1. The monoisotopic (exact) mass is 437 g/mol. The minimum atomic E-state index is -0.220. The molecule has 2 rings (SSSR count). The smallest absolute Gasteiger partial charge is 0.409 e. The first-order valence-corrected chi connectivity index (χ1v) is 11.3. The molecule has 9 heteroatoms. The lowest BCUT2D eigenvalue weighted by Gasteiger charge is -2.32. The van der Waals surface area contributed by atoms with Crippen molar-refractivity contribution in [2.45, 2.75) is 38.6 Å². The Bertz CT molecular complexity index is 630. The van der Waals surface area contributed by atoms with Crippen LogP contribution in [0, 0.1) is 0 Å². The summed E-state index contributed by atoms with van der Waals surface area (Å²) in [4.78, 5) is 20.7. The second kappa shape index (κ2) is 14.7. The molecule has 0 unspecified atom stereocenters. The summed E-state index contributed by atoms with van der Waals surface area (Å²) >= 11 is 0. The van der Waals surface area contributed by atoms with Crippen molar-refractivity contribution in [3.8, 4) is 0 Å². The maximum absolute atomic E-state index is 11.9. The van der Waals surface area contributed by atoms with Crippen molar-refractivity contribution in [1.29, 1.82) is 0 Å². The van der Waals surface area contributed by atoms with Gasteiger partial charge in [0.2, 0.25) is 0 Å². The van der Waals surface area contributed by atoms with Gasteiger partial charge in [-0.3, -0.25) is 4.99 Å². The van der Waals surface area contributed by atoms with Gasteiger partial charge in [0.15, 0.2) is 5.96 Å². The summed E-state index contributed by atoms with van der Waals surface area (Å²) in [5.74, 6) is 1.76. The molecule has 1 saturated heterocycles. The lowest BCUT2D eigenvalue weighted by atomic mass is 10.1. The lowest BCUT2D eigenvalue weighted by Crippen LogP contribution is -2.50. The summed E-state index contributed by atoms with van der Waals surface area (Å²) in [5.41, 5.74) is 0. The van der Waals surface area contributed by atoms with E-state index >= 15 is 0 Å². The fraction of sp³-hybridized carbons (Fsp3) is 0.727. The second-order valence-electron chi connectivity index (χ2n) is 7.74. The molecule has 0 bridgehead atoms. The second-order valence-corrected chi connectivity index (χ2v) is 7.74. The molecule has 0 radical (unpaired) electrons. The van der Waals surface area contributed by atoms with Crippen LogP contribution in [-0.2, 0) is 15.9 Å². The number of hydrogen-bond donors (Lipinski definition) is 2. The summed E-state index contributed by atoms with van der Waals surface area (Å²) in [7, 11) is 3.83. The van der Waals surface area contributed by atoms with Crippen LogP contribution in [0.4, 0.5) is 4.79 Å². The molecule has 2 N–H and O–H groups in total. The van der Waals surface area contributed by atoms with Gasteiger partial charge < -0.3 is 34.3 Å². The summed E-state index contributed by atoms with van der Waals surface area (Å²) in [6.07, 6.45) is 5.03. The highest BCUT2D eigenvalue weighted by Gasteiger charge is 2.24. The van der Waals surface area contributed by atoms with Crippen molar-refractivity contribution in [1.82, 2.24) is 20.4 Å². The average molecular weight is 438 g/mol. The largest absolute Gasteiger partial charge is 0.469 e. The zero-order chi connectivity index (χ0) is 22.3. The number of guanidine groups is 1. The number of nitrogens with zero attached hydrogens (tertiary/aromatic N) is 3. The molecule has 2 heterocycles. The normalized spacial score (nSPS) is 15.4. The van der Waals surface area contributed by atoms with Crippen LogP contribution in [0.1, 0.15) is 31.9 Å². The molecule has 1 aromatic rings. The standard InChI is InChI=1S/C22H39N5O4/c1-4-30-22(28)27-14-9-19(10-15-27)25-21(23-11-8-20-7-5-18-31-20)24-12-16-26(2)13-6-17-29-3/h5,7,18-19H,4,6,8-17H2,1-3H3,(H2,23,24,25).